The summed E-state index contributed by atoms with van der Waals surface area (Å²) in [6.07, 6.45) is 5.25. The average Bonchev–Trinajstić information content (AvgIpc) is 3.40. The highest BCUT2D eigenvalue weighted by molar-refractivity contribution is 5.78. The average molecular weight is 389 g/mol. The van der Waals surface area contributed by atoms with Crippen molar-refractivity contribution in [3.8, 4) is 5.69 Å². The number of nitrogens with zero attached hydrogens (tertiary/aromatic N) is 3. The molecule has 1 atom stereocenters. The molecule has 0 saturated carbocycles. The Balaban J connectivity index is 1.54. The van der Waals surface area contributed by atoms with E-state index in [9.17, 15) is 4.79 Å². The molecule has 2 aromatic carbocycles. The highest BCUT2D eigenvalue weighted by Gasteiger charge is 2.11. The van der Waals surface area contributed by atoms with E-state index < -0.39 is 0 Å². The van der Waals surface area contributed by atoms with Crippen molar-refractivity contribution in [3.05, 3.63) is 78.1 Å². The standard InChI is InChI=1S/C22H23N5O2/c1-15(29-13-22-23-8-9-24-22)18-4-3-5-19(11-18)27-14-26-20-10-17(6-7-21(20)27)12-25-16(2)28/h3-11,14-15H,12-13H2,1-2H3,(H,23,24)(H,25,28). The van der Waals surface area contributed by atoms with Gasteiger partial charge in [0, 0.05) is 31.5 Å². The van der Waals surface area contributed by atoms with Crippen LogP contribution in [0.25, 0.3) is 16.7 Å². The number of hydrogen-bond acceptors (Lipinski definition) is 4. The number of imidazole rings is 2. The van der Waals surface area contributed by atoms with Crippen molar-refractivity contribution in [1.82, 2.24) is 24.8 Å². The number of rotatable bonds is 7. The molecule has 0 spiro atoms. The van der Waals surface area contributed by atoms with E-state index in [1.807, 2.05) is 37.5 Å². The van der Waals surface area contributed by atoms with Crippen LogP contribution in [-0.2, 0) is 22.7 Å². The molecule has 0 aliphatic carbocycles. The lowest BCUT2D eigenvalue weighted by atomic mass is 10.1. The highest BCUT2D eigenvalue weighted by atomic mass is 16.5. The second-order valence-electron chi connectivity index (χ2n) is 6.93. The minimum atomic E-state index is -0.0703. The van der Waals surface area contributed by atoms with E-state index in [1.165, 1.54) is 6.92 Å². The van der Waals surface area contributed by atoms with Crippen molar-refractivity contribution in [3.63, 3.8) is 0 Å². The van der Waals surface area contributed by atoms with Crippen molar-refractivity contribution < 1.29 is 9.53 Å². The molecular formula is C22H23N5O2. The normalized spacial score (nSPS) is 12.2. The lowest BCUT2D eigenvalue weighted by Gasteiger charge is -2.14. The van der Waals surface area contributed by atoms with E-state index in [-0.39, 0.29) is 12.0 Å². The second kappa shape index (κ2) is 8.28. The summed E-state index contributed by atoms with van der Waals surface area (Å²) in [7, 11) is 0. The van der Waals surface area contributed by atoms with Gasteiger partial charge in [0.25, 0.3) is 0 Å². The third kappa shape index (κ3) is 4.35. The lowest BCUT2D eigenvalue weighted by Crippen LogP contribution is -2.18. The molecule has 0 bridgehead atoms. The predicted molar refractivity (Wildman–Crippen MR) is 110 cm³/mol. The molecule has 0 radical (unpaired) electrons. The number of amides is 1. The third-order valence-electron chi connectivity index (χ3n) is 4.80. The van der Waals surface area contributed by atoms with E-state index in [2.05, 4.69) is 43.0 Å². The fourth-order valence-corrected chi connectivity index (χ4v) is 3.21. The Labute approximate surface area is 168 Å². The van der Waals surface area contributed by atoms with E-state index >= 15 is 0 Å². The molecule has 29 heavy (non-hydrogen) atoms. The van der Waals surface area contributed by atoms with Crippen molar-refractivity contribution in [1.29, 1.82) is 0 Å². The van der Waals surface area contributed by atoms with Gasteiger partial charge in [0.1, 0.15) is 18.8 Å². The molecular weight excluding hydrogens is 366 g/mol. The van der Waals surface area contributed by atoms with Crippen LogP contribution in [0, 0.1) is 0 Å². The van der Waals surface area contributed by atoms with E-state index in [4.69, 9.17) is 4.74 Å². The van der Waals surface area contributed by atoms with Gasteiger partial charge in [0.2, 0.25) is 5.91 Å². The van der Waals surface area contributed by atoms with Crippen molar-refractivity contribution in [2.45, 2.75) is 33.1 Å². The number of H-pyrrole nitrogens is 1. The number of ether oxygens (including phenoxy) is 1. The SMILES string of the molecule is CC(=O)NCc1ccc2c(c1)ncn2-c1cccc(C(C)OCc2ncc[nH]2)c1. The summed E-state index contributed by atoms with van der Waals surface area (Å²) in [5, 5.41) is 2.81. The van der Waals surface area contributed by atoms with Gasteiger partial charge in [0.05, 0.1) is 17.1 Å². The van der Waals surface area contributed by atoms with E-state index in [1.54, 1.807) is 12.4 Å². The minimum Gasteiger partial charge on any atom is -0.366 e. The summed E-state index contributed by atoms with van der Waals surface area (Å²) in [6, 6.07) is 14.3. The Kier molecular flexibility index (Phi) is 5.39. The maximum atomic E-state index is 11.1. The maximum Gasteiger partial charge on any atom is 0.217 e. The number of carbonyl (C=O) groups excluding carboxylic acids is 1. The fourth-order valence-electron chi connectivity index (χ4n) is 3.21. The molecule has 2 heterocycles. The van der Waals surface area contributed by atoms with Crippen LogP contribution in [0.1, 0.15) is 36.9 Å². The Morgan fingerprint density at radius 2 is 2.14 bits per heavy atom. The molecule has 2 aromatic heterocycles. The number of nitrogens with one attached hydrogen (secondary N) is 2. The van der Waals surface area contributed by atoms with Gasteiger partial charge in [-0.25, -0.2) is 9.97 Å². The van der Waals surface area contributed by atoms with Gasteiger partial charge in [-0.05, 0) is 42.3 Å². The smallest absolute Gasteiger partial charge is 0.217 e. The van der Waals surface area contributed by atoms with E-state index in [0.29, 0.717) is 13.2 Å². The molecule has 0 saturated heterocycles. The Morgan fingerprint density at radius 3 is 2.93 bits per heavy atom. The van der Waals surface area contributed by atoms with Crippen LogP contribution in [0.5, 0.6) is 0 Å². The number of aromatic nitrogens is 4. The number of hydrogen-bond donors (Lipinski definition) is 2. The largest absolute Gasteiger partial charge is 0.366 e. The molecule has 2 N–H and O–H groups in total. The Bertz CT molecular complexity index is 1120. The lowest BCUT2D eigenvalue weighted by molar-refractivity contribution is -0.119. The third-order valence-corrected chi connectivity index (χ3v) is 4.80. The number of benzene rings is 2. The molecule has 0 fully saturated rings. The van der Waals surface area contributed by atoms with Crippen LogP contribution < -0.4 is 5.32 Å². The van der Waals surface area contributed by atoms with Gasteiger partial charge in [-0.1, -0.05) is 18.2 Å². The molecule has 0 aliphatic rings. The quantitative estimate of drug-likeness (QED) is 0.505. The zero-order valence-corrected chi connectivity index (χ0v) is 16.4. The van der Waals surface area contributed by atoms with Crippen LogP contribution in [0.15, 0.2) is 61.2 Å². The van der Waals surface area contributed by atoms with Crippen LogP contribution in [0.3, 0.4) is 0 Å². The number of fused-ring (bicyclic) bond motifs is 1. The van der Waals surface area contributed by atoms with Crippen molar-refractivity contribution in [2.75, 3.05) is 0 Å². The van der Waals surface area contributed by atoms with Crippen LogP contribution in [0.2, 0.25) is 0 Å². The molecule has 1 amide bonds. The predicted octanol–water partition coefficient (Wildman–Crippen LogP) is 3.66. The topological polar surface area (TPSA) is 84.8 Å². The first kappa shape index (κ1) is 18.9. The first-order chi connectivity index (χ1) is 14.1. The molecule has 0 aliphatic heterocycles. The van der Waals surface area contributed by atoms with Crippen LogP contribution in [-0.4, -0.2) is 25.4 Å². The monoisotopic (exact) mass is 389 g/mol. The Morgan fingerprint density at radius 1 is 1.24 bits per heavy atom. The second-order valence-corrected chi connectivity index (χ2v) is 6.93. The summed E-state index contributed by atoms with van der Waals surface area (Å²) < 4.78 is 8.00. The molecule has 7 heteroatoms. The first-order valence-corrected chi connectivity index (χ1v) is 9.51. The Hall–Kier alpha value is -3.45. The number of aromatic amines is 1. The van der Waals surface area contributed by atoms with Gasteiger partial charge < -0.3 is 15.0 Å². The molecule has 4 aromatic rings. The van der Waals surface area contributed by atoms with Gasteiger partial charge in [-0.3, -0.25) is 9.36 Å². The molecule has 4 rings (SSSR count). The molecule has 1 unspecified atom stereocenters. The van der Waals surface area contributed by atoms with Crippen molar-refractivity contribution in [2.24, 2.45) is 0 Å². The van der Waals surface area contributed by atoms with Gasteiger partial charge in [-0.15, -0.1) is 0 Å². The summed E-state index contributed by atoms with van der Waals surface area (Å²) in [4.78, 5) is 22.9. The minimum absolute atomic E-state index is 0.0455. The highest BCUT2D eigenvalue weighted by Crippen LogP contribution is 2.24. The van der Waals surface area contributed by atoms with E-state index in [0.717, 1.165) is 33.7 Å². The number of carbonyl (C=O) groups is 1. The zero-order valence-electron chi connectivity index (χ0n) is 16.4. The van der Waals surface area contributed by atoms with Crippen LogP contribution in [0.4, 0.5) is 0 Å². The summed E-state index contributed by atoms with van der Waals surface area (Å²) in [6.45, 7) is 4.48. The molecule has 148 valence electrons. The fraction of sp³-hybridized carbons (Fsp3) is 0.227. The summed E-state index contributed by atoms with van der Waals surface area (Å²) >= 11 is 0. The summed E-state index contributed by atoms with van der Waals surface area (Å²) in [5.74, 6) is 0.763. The van der Waals surface area contributed by atoms with Gasteiger partial charge in [0.15, 0.2) is 0 Å². The van der Waals surface area contributed by atoms with Gasteiger partial charge in [-0.2, -0.15) is 0 Å². The molecule has 7 nitrogen and oxygen atoms in total. The van der Waals surface area contributed by atoms with Crippen molar-refractivity contribution >= 4 is 16.9 Å². The maximum absolute atomic E-state index is 11.1. The van der Waals surface area contributed by atoms with Crippen LogP contribution >= 0.6 is 0 Å². The zero-order chi connectivity index (χ0) is 20.2. The summed E-state index contributed by atoms with van der Waals surface area (Å²) in [5.41, 5.74) is 5.02. The first-order valence-electron chi connectivity index (χ1n) is 9.51. The van der Waals surface area contributed by atoms with Gasteiger partial charge >= 0.3 is 0 Å².